The largest absolute Gasteiger partial charge is 0.491 e. The van der Waals surface area contributed by atoms with Crippen molar-refractivity contribution in [1.82, 2.24) is 0 Å². The lowest BCUT2D eigenvalue weighted by Gasteiger charge is -2.08. The molecule has 0 saturated heterocycles. The molecule has 5 nitrogen and oxygen atoms in total. The average Bonchev–Trinajstić information content (AvgIpc) is 2.93. The van der Waals surface area contributed by atoms with Crippen LogP contribution in [0.4, 0.5) is 5.69 Å². The predicted molar refractivity (Wildman–Crippen MR) is 86.1 cm³/mol. The Labute approximate surface area is 132 Å². The Balaban J connectivity index is 1.65. The van der Waals surface area contributed by atoms with Crippen molar-refractivity contribution in [2.75, 3.05) is 11.8 Å². The van der Waals surface area contributed by atoms with Crippen LogP contribution in [0, 0.1) is 0 Å². The van der Waals surface area contributed by atoms with Gasteiger partial charge in [-0.1, -0.05) is 6.07 Å². The number of nitrogens with one attached hydrogen (secondary N) is 1. The monoisotopic (exact) mass is 315 g/mol. The number of methoxy groups -OCH3 is 1. The van der Waals surface area contributed by atoms with Gasteiger partial charge in [-0.15, -0.1) is 0 Å². The molecule has 1 aliphatic rings. The molecular formula is C15H14BNO4S. The summed E-state index contributed by atoms with van der Waals surface area (Å²) in [6.45, 7) is 0.443. The van der Waals surface area contributed by atoms with Gasteiger partial charge in [-0.05, 0) is 59.4 Å². The molecule has 0 unspecified atom stereocenters. The van der Waals surface area contributed by atoms with Gasteiger partial charge in [0.15, 0.2) is 0 Å². The minimum absolute atomic E-state index is 0.350. The molecule has 2 aromatic carbocycles. The van der Waals surface area contributed by atoms with E-state index in [9.17, 15) is 9.82 Å². The standard InChI is InChI=1S/C15H14BNO4S/c1-20-15(18)10-3-6-13(7-4-10)22-17-12-5-2-11-9-21-16(19)14(11)8-12/h2-8,17,19H,9H2,1H3. The number of fused-ring (bicyclic) bond motifs is 1. The smallest absolute Gasteiger partial charge is 0.465 e. The summed E-state index contributed by atoms with van der Waals surface area (Å²) in [5.74, 6) is -0.350. The molecule has 0 aromatic heterocycles. The third-order valence-corrected chi connectivity index (χ3v) is 4.22. The Kier molecular flexibility index (Phi) is 4.38. The number of esters is 1. The molecule has 2 aromatic rings. The normalized spacial score (nSPS) is 12.9. The fraction of sp³-hybridized carbons (Fsp3) is 0.133. The van der Waals surface area contributed by atoms with Crippen molar-refractivity contribution in [3.05, 3.63) is 53.6 Å². The third-order valence-electron chi connectivity index (χ3n) is 3.37. The van der Waals surface area contributed by atoms with Crippen LogP contribution in [0.1, 0.15) is 15.9 Å². The number of hydrogen-bond donors (Lipinski definition) is 2. The minimum atomic E-state index is -0.846. The molecule has 2 N–H and O–H groups in total. The highest BCUT2D eigenvalue weighted by atomic mass is 32.2. The molecule has 0 bridgehead atoms. The summed E-state index contributed by atoms with van der Waals surface area (Å²) in [5, 5.41) is 9.70. The van der Waals surface area contributed by atoms with Gasteiger partial charge < -0.3 is 19.1 Å². The number of carbonyl (C=O) groups excluding carboxylic acids is 1. The van der Waals surface area contributed by atoms with Gasteiger partial charge in [0.1, 0.15) is 0 Å². The van der Waals surface area contributed by atoms with Gasteiger partial charge in [-0.25, -0.2) is 4.79 Å². The first kappa shape index (κ1) is 15.0. The maximum absolute atomic E-state index is 11.4. The molecule has 0 atom stereocenters. The first-order valence-electron chi connectivity index (χ1n) is 6.71. The van der Waals surface area contributed by atoms with E-state index in [0.717, 1.165) is 21.6 Å². The van der Waals surface area contributed by atoms with Crippen LogP contribution in [0.3, 0.4) is 0 Å². The van der Waals surface area contributed by atoms with Crippen molar-refractivity contribution < 1.29 is 19.2 Å². The van der Waals surface area contributed by atoms with Crippen molar-refractivity contribution >= 4 is 36.2 Å². The molecule has 7 heteroatoms. The minimum Gasteiger partial charge on any atom is -0.465 e. The van der Waals surface area contributed by atoms with Crippen LogP contribution in [0.25, 0.3) is 0 Å². The van der Waals surface area contributed by atoms with E-state index >= 15 is 0 Å². The zero-order valence-electron chi connectivity index (χ0n) is 11.9. The number of carbonyl (C=O) groups is 1. The van der Waals surface area contributed by atoms with Gasteiger partial charge in [-0.3, -0.25) is 0 Å². The molecule has 112 valence electrons. The maximum atomic E-state index is 11.4. The average molecular weight is 315 g/mol. The summed E-state index contributed by atoms with van der Waals surface area (Å²) in [4.78, 5) is 12.3. The molecule has 0 amide bonds. The van der Waals surface area contributed by atoms with Crippen LogP contribution in [-0.4, -0.2) is 25.2 Å². The highest BCUT2D eigenvalue weighted by Gasteiger charge is 2.27. The summed E-state index contributed by atoms with van der Waals surface area (Å²) in [6, 6.07) is 12.9. The first-order chi connectivity index (χ1) is 10.7. The summed E-state index contributed by atoms with van der Waals surface area (Å²) < 4.78 is 13.0. The zero-order valence-corrected chi connectivity index (χ0v) is 12.7. The SMILES string of the molecule is COC(=O)c1ccc(SNc2ccc3c(c2)B(O)OC3)cc1. The van der Waals surface area contributed by atoms with Crippen molar-refractivity contribution in [1.29, 1.82) is 0 Å². The van der Waals surface area contributed by atoms with E-state index in [2.05, 4.69) is 9.46 Å². The Morgan fingerprint density at radius 2 is 2.09 bits per heavy atom. The van der Waals surface area contributed by atoms with E-state index in [4.69, 9.17) is 4.65 Å². The lowest BCUT2D eigenvalue weighted by Crippen LogP contribution is -2.28. The second kappa shape index (κ2) is 6.43. The molecule has 1 heterocycles. The summed E-state index contributed by atoms with van der Waals surface area (Å²) >= 11 is 1.42. The van der Waals surface area contributed by atoms with Crippen LogP contribution in [0.15, 0.2) is 47.4 Å². The Morgan fingerprint density at radius 3 is 2.82 bits per heavy atom. The van der Waals surface area contributed by atoms with Crippen LogP contribution < -0.4 is 10.2 Å². The van der Waals surface area contributed by atoms with Crippen molar-refractivity contribution in [3.63, 3.8) is 0 Å². The Hall–Kier alpha value is -1.96. The molecule has 0 saturated carbocycles. The van der Waals surface area contributed by atoms with Gasteiger partial charge >= 0.3 is 13.1 Å². The van der Waals surface area contributed by atoms with E-state index in [1.807, 2.05) is 30.3 Å². The molecular weight excluding hydrogens is 301 g/mol. The number of ether oxygens (including phenoxy) is 1. The lowest BCUT2D eigenvalue weighted by molar-refractivity contribution is 0.0600. The molecule has 22 heavy (non-hydrogen) atoms. The number of anilines is 1. The second-order valence-electron chi connectivity index (χ2n) is 4.80. The summed E-state index contributed by atoms with van der Waals surface area (Å²) in [5.41, 5.74) is 3.20. The molecule has 1 aliphatic heterocycles. The molecule has 0 fully saturated rings. The quantitative estimate of drug-likeness (QED) is 0.509. The van der Waals surface area contributed by atoms with E-state index in [1.165, 1.54) is 19.1 Å². The van der Waals surface area contributed by atoms with Crippen LogP contribution in [0.5, 0.6) is 0 Å². The fourth-order valence-electron chi connectivity index (χ4n) is 2.17. The van der Waals surface area contributed by atoms with E-state index in [-0.39, 0.29) is 5.97 Å². The van der Waals surface area contributed by atoms with Crippen LogP contribution in [-0.2, 0) is 16.0 Å². The molecule has 3 rings (SSSR count). The Bertz CT molecular complexity index is 692. The van der Waals surface area contributed by atoms with E-state index in [0.29, 0.717) is 12.2 Å². The molecule has 0 radical (unpaired) electrons. The van der Waals surface area contributed by atoms with E-state index < -0.39 is 7.12 Å². The fourth-order valence-corrected chi connectivity index (χ4v) is 2.81. The number of benzene rings is 2. The Morgan fingerprint density at radius 1 is 1.32 bits per heavy atom. The zero-order chi connectivity index (χ0) is 15.5. The van der Waals surface area contributed by atoms with Gasteiger partial charge in [0.2, 0.25) is 0 Å². The van der Waals surface area contributed by atoms with Crippen LogP contribution in [0.2, 0.25) is 0 Å². The third kappa shape index (κ3) is 3.11. The number of rotatable bonds is 4. The van der Waals surface area contributed by atoms with Crippen molar-refractivity contribution in [2.45, 2.75) is 11.5 Å². The van der Waals surface area contributed by atoms with Gasteiger partial charge in [0, 0.05) is 10.6 Å². The topological polar surface area (TPSA) is 67.8 Å². The lowest BCUT2D eigenvalue weighted by atomic mass is 9.79. The maximum Gasteiger partial charge on any atom is 0.491 e. The van der Waals surface area contributed by atoms with Gasteiger partial charge in [0.05, 0.1) is 19.3 Å². The first-order valence-corrected chi connectivity index (χ1v) is 7.53. The van der Waals surface area contributed by atoms with Crippen molar-refractivity contribution in [2.24, 2.45) is 0 Å². The highest BCUT2D eigenvalue weighted by molar-refractivity contribution is 8.00. The van der Waals surface area contributed by atoms with Crippen LogP contribution >= 0.6 is 11.9 Å². The molecule has 0 spiro atoms. The van der Waals surface area contributed by atoms with Gasteiger partial charge in [-0.2, -0.15) is 0 Å². The highest BCUT2D eigenvalue weighted by Crippen LogP contribution is 2.22. The van der Waals surface area contributed by atoms with E-state index in [1.54, 1.807) is 12.1 Å². The predicted octanol–water partition coefficient (Wildman–Crippen LogP) is 1.81. The molecule has 0 aliphatic carbocycles. The summed E-state index contributed by atoms with van der Waals surface area (Å²) in [7, 11) is 0.513. The second-order valence-corrected chi connectivity index (χ2v) is 5.68. The summed E-state index contributed by atoms with van der Waals surface area (Å²) in [6.07, 6.45) is 0. The van der Waals surface area contributed by atoms with Gasteiger partial charge in [0.25, 0.3) is 0 Å². The number of hydrogen-bond acceptors (Lipinski definition) is 6. The van der Waals surface area contributed by atoms with Crippen molar-refractivity contribution in [3.8, 4) is 0 Å².